The Morgan fingerprint density at radius 2 is 2.31 bits per heavy atom. The van der Waals surface area contributed by atoms with Crippen molar-refractivity contribution in [1.29, 1.82) is 0 Å². The smallest absolute Gasteiger partial charge is 0.142 e. The van der Waals surface area contributed by atoms with Gasteiger partial charge in [0.25, 0.3) is 0 Å². The molecule has 1 atom stereocenters. The summed E-state index contributed by atoms with van der Waals surface area (Å²) in [6.45, 7) is 3.84. The van der Waals surface area contributed by atoms with Gasteiger partial charge in [0, 0.05) is 19.6 Å². The van der Waals surface area contributed by atoms with Crippen LogP contribution in [0.3, 0.4) is 0 Å². The lowest BCUT2D eigenvalue weighted by Gasteiger charge is -2.19. The van der Waals surface area contributed by atoms with Crippen LogP contribution in [0.25, 0.3) is 0 Å². The van der Waals surface area contributed by atoms with E-state index < -0.39 is 5.60 Å². The van der Waals surface area contributed by atoms with Gasteiger partial charge in [0.05, 0.1) is 10.6 Å². The van der Waals surface area contributed by atoms with Crippen molar-refractivity contribution in [3.63, 3.8) is 0 Å². The van der Waals surface area contributed by atoms with Crippen LogP contribution in [0.15, 0.2) is 18.2 Å². The molecule has 2 nitrogen and oxygen atoms in total. The van der Waals surface area contributed by atoms with Gasteiger partial charge in [-0.05, 0) is 25.0 Å². The first-order chi connectivity index (χ1) is 7.48. The molecule has 2 rings (SSSR count). The summed E-state index contributed by atoms with van der Waals surface area (Å²) in [5.74, 6) is -0.384. The highest BCUT2D eigenvalue weighted by atomic mass is 35.5. The van der Waals surface area contributed by atoms with E-state index in [1.165, 1.54) is 6.07 Å². The summed E-state index contributed by atoms with van der Waals surface area (Å²) in [6.07, 6.45) is 0.750. The predicted octanol–water partition coefficient (Wildman–Crippen LogP) is 2.44. The maximum absolute atomic E-state index is 13.2. The van der Waals surface area contributed by atoms with Crippen molar-refractivity contribution in [3.8, 4) is 0 Å². The highest BCUT2D eigenvalue weighted by Crippen LogP contribution is 2.25. The van der Waals surface area contributed by atoms with Gasteiger partial charge in [-0.3, -0.25) is 4.90 Å². The Hall–Kier alpha value is -0.640. The monoisotopic (exact) mass is 243 g/mol. The van der Waals surface area contributed by atoms with E-state index in [1.54, 1.807) is 6.07 Å². The second-order valence-electron chi connectivity index (χ2n) is 4.67. The largest absolute Gasteiger partial charge is 0.389 e. The fraction of sp³-hybridized carbons (Fsp3) is 0.500. The molecule has 1 aliphatic heterocycles. The molecule has 88 valence electrons. The van der Waals surface area contributed by atoms with E-state index in [2.05, 4.69) is 4.90 Å². The number of aliphatic hydroxyl groups is 1. The van der Waals surface area contributed by atoms with E-state index in [1.807, 2.05) is 13.0 Å². The molecule has 1 aliphatic rings. The Labute approximate surface area is 99.6 Å². The molecule has 1 saturated heterocycles. The zero-order chi connectivity index (χ0) is 11.8. The first kappa shape index (κ1) is 11.8. The van der Waals surface area contributed by atoms with Gasteiger partial charge >= 0.3 is 0 Å². The third kappa shape index (κ3) is 2.54. The topological polar surface area (TPSA) is 23.5 Å². The van der Waals surface area contributed by atoms with E-state index in [4.69, 9.17) is 11.6 Å². The SMILES string of the molecule is CC1(O)CCN(Cc2cccc(F)c2Cl)C1. The summed E-state index contributed by atoms with van der Waals surface area (Å²) in [6, 6.07) is 4.83. The number of rotatable bonds is 2. The third-order valence-electron chi connectivity index (χ3n) is 2.96. The molecule has 1 aromatic carbocycles. The van der Waals surface area contributed by atoms with Gasteiger partial charge in [-0.25, -0.2) is 4.39 Å². The van der Waals surface area contributed by atoms with E-state index in [-0.39, 0.29) is 10.8 Å². The summed E-state index contributed by atoms with van der Waals surface area (Å²) in [4.78, 5) is 2.08. The molecule has 0 bridgehead atoms. The van der Waals surface area contributed by atoms with E-state index >= 15 is 0 Å². The summed E-state index contributed by atoms with van der Waals surface area (Å²) in [7, 11) is 0. The highest BCUT2D eigenvalue weighted by molar-refractivity contribution is 6.31. The first-order valence-corrected chi connectivity index (χ1v) is 5.73. The minimum Gasteiger partial charge on any atom is -0.389 e. The van der Waals surface area contributed by atoms with Crippen LogP contribution in [-0.4, -0.2) is 28.7 Å². The fourth-order valence-corrected chi connectivity index (χ4v) is 2.27. The second-order valence-corrected chi connectivity index (χ2v) is 5.05. The zero-order valence-electron chi connectivity index (χ0n) is 9.21. The minimum atomic E-state index is -0.625. The lowest BCUT2D eigenvalue weighted by Crippen LogP contribution is -2.29. The lowest BCUT2D eigenvalue weighted by atomic mass is 10.1. The molecule has 1 unspecified atom stereocenters. The molecule has 1 N–H and O–H groups in total. The molecular weight excluding hydrogens is 229 g/mol. The van der Waals surface area contributed by atoms with Crippen molar-refractivity contribution in [2.24, 2.45) is 0 Å². The van der Waals surface area contributed by atoms with Crippen molar-refractivity contribution in [2.75, 3.05) is 13.1 Å². The Balaban J connectivity index is 2.08. The number of likely N-dealkylation sites (tertiary alicyclic amines) is 1. The quantitative estimate of drug-likeness (QED) is 0.863. The molecule has 0 amide bonds. The van der Waals surface area contributed by atoms with Crippen LogP contribution >= 0.6 is 11.6 Å². The van der Waals surface area contributed by atoms with Crippen LogP contribution in [0.5, 0.6) is 0 Å². The minimum absolute atomic E-state index is 0.189. The van der Waals surface area contributed by atoms with Crippen LogP contribution in [0.2, 0.25) is 5.02 Å². The standard InChI is InChI=1S/C12H15ClFNO/c1-12(16)5-6-15(8-12)7-9-3-2-4-10(14)11(9)13/h2-4,16H,5-8H2,1H3. The fourth-order valence-electron chi connectivity index (χ4n) is 2.09. The second kappa shape index (κ2) is 4.32. The molecule has 16 heavy (non-hydrogen) atoms. The number of β-amino-alcohol motifs (C(OH)–C–C–N with tert-alkyl or cyclic N) is 1. The summed E-state index contributed by atoms with van der Waals surface area (Å²) < 4.78 is 13.2. The molecule has 1 heterocycles. The average molecular weight is 244 g/mol. The van der Waals surface area contributed by atoms with Crippen molar-refractivity contribution in [2.45, 2.75) is 25.5 Å². The van der Waals surface area contributed by atoms with Gasteiger partial charge in [0.2, 0.25) is 0 Å². The van der Waals surface area contributed by atoms with Crippen molar-refractivity contribution in [1.82, 2.24) is 4.90 Å². The number of hydrogen-bond acceptors (Lipinski definition) is 2. The van der Waals surface area contributed by atoms with Crippen molar-refractivity contribution >= 4 is 11.6 Å². The maximum atomic E-state index is 13.2. The molecular formula is C12H15ClFNO. The molecule has 0 radical (unpaired) electrons. The van der Waals surface area contributed by atoms with Gasteiger partial charge < -0.3 is 5.11 Å². The lowest BCUT2D eigenvalue weighted by molar-refractivity contribution is 0.0679. The van der Waals surface area contributed by atoms with Gasteiger partial charge in [0.15, 0.2) is 0 Å². The summed E-state index contributed by atoms with van der Waals surface area (Å²) >= 11 is 5.88. The van der Waals surface area contributed by atoms with Gasteiger partial charge in [-0.1, -0.05) is 23.7 Å². The van der Waals surface area contributed by atoms with Crippen LogP contribution in [0, 0.1) is 5.82 Å². The molecule has 4 heteroatoms. The molecule has 1 fully saturated rings. The molecule has 0 aromatic heterocycles. The first-order valence-electron chi connectivity index (χ1n) is 5.35. The van der Waals surface area contributed by atoms with Crippen LogP contribution in [0.4, 0.5) is 4.39 Å². The van der Waals surface area contributed by atoms with Gasteiger partial charge in [-0.2, -0.15) is 0 Å². The number of hydrogen-bond donors (Lipinski definition) is 1. The van der Waals surface area contributed by atoms with E-state index in [9.17, 15) is 9.50 Å². The number of halogens is 2. The summed E-state index contributed by atoms with van der Waals surface area (Å²) in [5.41, 5.74) is 0.152. The summed E-state index contributed by atoms with van der Waals surface area (Å²) in [5, 5.41) is 10.0. The van der Waals surface area contributed by atoms with E-state index in [0.717, 1.165) is 18.5 Å². The Morgan fingerprint density at radius 3 is 2.94 bits per heavy atom. The van der Waals surface area contributed by atoms with Crippen LogP contribution in [-0.2, 0) is 6.54 Å². The predicted molar refractivity (Wildman–Crippen MR) is 61.9 cm³/mol. The Morgan fingerprint density at radius 1 is 1.56 bits per heavy atom. The normalized spacial score (nSPS) is 26.2. The Bertz CT molecular complexity index is 395. The average Bonchev–Trinajstić information content (AvgIpc) is 2.53. The van der Waals surface area contributed by atoms with E-state index in [0.29, 0.717) is 13.1 Å². The third-order valence-corrected chi connectivity index (χ3v) is 3.38. The molecule has 0 spiro atoms. The number of benzene rings is 1. The maximum Gasteiger partial charge on any atom is 0.142 e. The van der Waals surface area contributed by atoms with Crippen molar-refractivity contribution < 1.29 is 9.50 Å². The molecule has 1 aromatic rings. The highest BCUT2D eigenvalue weighted by Gasteiger charge is 2.31. The van der Waals surface area contributed by atoms with Crippen LogP contribution < -0.4 is 0 Å². The molecule has 0 saturated carbocycles. The van der Waals surface area contributed by atoms with Gasteiger partial charge in [-0.15, -0.1) is 0 Å². The Kier molecular flexibility index (Phi) is 3.19. The van der Waals surface area contributed by atoms with Crippen molar-refractivity contribution in [3.05, 3.63) is 34.6 Å². The molecule has 0 aliphatic carbocycles. The van der Waals surface area contributed by atoms with Crippen LogP contribution in [0.1, 0.15) is 18.9 Å². The number of nitrogens with zero attached hydrogens (tertiary/aromatic N) is 1. The van der Waals surface area contributed by atoms with Gasteiger partial charge in [0.1, 0.15) is 5.82 Å². The zero-order valence-corrected chi connectivity index (χ0v) is 9.97.